The van der Waals surface area contributed by atoms with Crippen molar-refractivity contribution in [1.29, 1.82) is 0 Å². The number of nitrogens with zero attached hydrogens (tertiary/aromatic N) is 3. The lowest BCUT2D eigenvalue weighted by atomic mass is 9.88. The highest BCUT2D eigenvalue weighted by Crippen LogP contribution is 2.32. The minimum Gasteiger partial charge on any atom is -0.381 e. The normalized spacial score (nSPS) is 27.7. The van der Waals surface area contributed by atoms with Gasteiger partial charge in [0, 0.05) is 44.4 Å². The van der Waals surface area contributed by atoms with Crippen LogP contribution in [0.2, 0.25) is 0 Å². The van der Waals surface area contributed by atoms with Crippen LogP contribution in [0.5, 0.6) is 0 Å². The van der Waals surface area contributed by atoms with E-state index in [9.17, 15) is 4.79 Å². The molecule has 3 aliphatic heterocycles. The van der Waals surface area contributed by atoms with Gasteiger partial charge >= 0.3 is 0 Å². The number of aromatic nitrogens is 1. The molecule has 3 saturated heterocycles. The molecule has 0 aromatic carbocycles. The molecule has 1 atom stereocenters. The van der Waals surface area contributed by atoms with Crippen LogP contribution in [0.15, 0.2) is 11.6 Å². The second-order valence-electron chi connectivity index (χ2n) is 7.05. The van der Waals surface area contributed by atoms with Gasteiger partial charge in [-0.1, -0.05) is 0 Å². The van der Waals surface area contributed by atoms with E-state index in [2.05, 4.69) is 9.88 Å². The zero-order valence-corrected chi connectivity index (χ0v) is 14.8. The Bertz CT molecular complexity index is 551. The van der Waals surface area contributed by atoms with Crippen LogP contribution in [0.25, 0.3) is 0 Å². The van der Waals surface area contributed by atoms with Gasteiger partial charge in [0.05, 0.1) is 31.3 Å². The van der Waals surface area contributed by atoms with Crippen LogP contribution in [0.1, 0.15) is 24.3 Å². The molecule has 24 heavy (non-hydrogen) atoms. The topological polar surface area (TPSA) is 54.9 Å². The smallest absolute Gasteiger partial charge is 0.228 e. The summed E-state index contributed by atoms with van der Waals surface area (Å²) >= 11 is 1.71. The Kier molecular flexibility index (Phi) is 4.85. The van der Waals surface area contributed by atoms with E-state index in [4.69, 9.17) is 9.47 Å². The zero-order valence-electron chi connectivity index (χ0n) is 14.0. The average Bonchev–Trinajstić information content (AvgIpc) is 3.29. The summed E-state index contributed by atoms with van der Waals surface area (Å²) in [5.74, 6) is 0.352. The molecule has 1 aromatic rings. The van der Waals surface area contributed by atoms with Crippen molar-refractivity contribution >= 4 is 17.2 Å². The van der Waals surface area contributed by atoms with E-state index in [0.717, 1.165) is 65.2 Å². The molecule has 7 heteroatoms. The number of rotatable bonds is 3. The molecular weight excluding hydrogens is 326 g/mol. The zero-order chi connectivity index (χ0) is 16.4. The third-order valence-electron chi connectivity index (χ3n) is 5.44. The van der Waals surface area contributed by atoms with Crippen LogP contribution < -0.4 is 0 Å². The highest BCUT2D eigenvalue weighted by Gasteiger charge is 2.41. The number of ether oxygens (including phenoxy) is 2. The fourth-order valence-corrected chi connectivity index (χ4v) is 4.66. The first kappa shape index (κ1) is 16.4. The van der Waals surface area contributed by atoms with Crippen molar-refractivity contribution in [2.75, 3.05) is 46.0 Å². The van der Waals surface area contributed by atoms with Crippen molar-refractivity contribution < 1.29 is 14.3 Å². The van der Waals surface area contributed by atoms with Crippen LogP contribution in [0.4, 0.5) is 0 Å². The Morgan fingerprint density at radius 1 is 1.33 bits per heavy atom. The fourth-order valence-electron chi connectivity index (χ4n) is 4.01. The van der Waals surface area contributed by atoms with Crippen LogP contribution in [-0.4, -0.2) is 72.3 Å². The minimum absolute atomic E-state index is 0.0766. The van der Waals surface area contributed by atoms with Gasteiger partial charge in [0.15, 0.2) is 0 Å². The Labute approximate surface area is 146 Å². The van der Waals surface area contributed by atoms with Gasteiger partial charge < -0.3 is 14.4 Å². The molecule has 1 spiro atoms. The molecule has 4 heterocycles. The van der Waals surface area contributed by atoms with Crippen molar-refractivity contribution in [2.45, 2.75) is 31.4 Å². The SMILES string of the molecule is O=C([C@H]1CCOC1)N1CCC2(CC1)CN(Cc1nccs1)CCO2. The lowest BCUT2D eigenvalue weighted by Crippen LogP contribution is -2.57. The number of hydrogen-bond acceptors (Lipinski definition) is 6. The largest absolute Gasteiger partial charge is 0.381 e. The minimum atomic E-state index is -0.0849. The fraction of sp³-hybridized carbons (Fsp3) is 0.765. The number of likely N-dealkylation sites (tertiary alicyclic amines) is 1. The molecule has 132 valence electrons. The second-order valence-corrected chi connectivity index (χ2v) is 8.03. The Balaban J connectivity index is 1.32. The molecule has 0 N–H and O–H groups in total. The number of morpholine rings is 1. The van der Waals surface area contributed by atoms with Gasteiger partial charge in [-0.05, 0) is 19.3 Å². The van der Waals surface area contributed by atoms with Crippen molar-refractivity contribution in [3.8, 4) is 0 Å². The number of thiazole rings is 1. The molecule has 0 bridgehead atoms. The van der Waals surface area contributed by atoms with Crippen LogP contribution in [0, 0.1) is 5.92 Å². The van der Waals surface area contributed by atoms with Crippen molar-refractivity contribution in [3.63, 3.8) is 0 Å². The summed E-state index contributed by atoms with van der Waals surface area (Å²) in [6.45, 7) is 6.52. The maximum absolute atomic E-state index is 12.5. The molecule has 1 aromatic heterocycles. The van der Waals surface area contributed by atoms with Gasteiger partial charge in [-0.15, -0.1) is 11.3 Å². The van der Waals surface area contributed by atoms with E-state index >= 15 is 0 Å². The summed E-state index contributed by atoms with van der Waals surface area (Å²) in [6.07, 6.45) is 4.60. The lowest BCUT2D eigenvalue weighted by Gasteiger charge is -2.47. The predicted molar refractivity (Wildman–Crippen MR) is 90.8 cm³/mol. The number of hydrogen-bond donors (Lipinski definition) is 0. The quantitative estimate of drug-likeness (QED) is 0.823. The second kappa shape index (κ2) is 7.07. The highest BCUT2D eigenvalue weighted by molar-refractivity contribution is 7.09. The van der Waals surface area contributed by atoms with Gasteiger partial charge in [-0.3, -0.25) is 9.69 Å². The summed E-state index contributed by atoms with van der Waals surface area (Å²) in [5.41, 5.74) is -0.0849. The van der Waals surface area contributed by atoms with E-state index in [1.54, 1.807) is 11.3 Å². The average molecular weight is 351 g/mol. The third kappa shape index (κ3) is 3.49. The molecule has 3 aliphatic rings. The van der Waals surface area contributed by atoms with Crippen molar-refractivity contribution in [1.82, 2.24) is 14.8 Å². The lowest BCUT2D eigenvalue weighted by molar-refractivity contribution is -0.153. The van der Waals surface area contributed by atoms with Gasteiger partial charge in [0.2, 0.25) is 5.91 Å². The molecule has 0 unspecified atom stereocenters. The first-order valence-corrected chi connectivity index (χ1v) is 9.73. The van der Waals surface area contributed by atoms with Crippen molar-refractivity contribution in [3.05, 3.63) is 16.6 Å². The van der Waals surface area contributed by atoms with E-state index in [0.29, 0.717) is 6.61 Å². The van der Waals surface area contributed by atoms with Crippen LogP contribution >= 0.6 is 11.3 Å². The maximum atomic E-state index is 12.5. The van der Waals surface area contributed by atoms with E-state index in [1.807, 2.05) is 16.5 Å². The first-order chi connectivity index (χ1) is 11.7. The van der Waals surface area contributed by atoms with Gasteiger partial charge in [0.25, 0.3) is 0 Å². The Morgan fingerprint density at radius 2 is 2.21 bits per heavy atom. The molecule has 0 saturated carbocycles. The molecule has 1 amide bonds. The summed E-state index contributed by atoms with van der Waals surface area (Å²) < 4.78 is 11.5. The van der Waals surface area contributed by atoms with Gasteiger partial charge in [-0.25, -0.2) is 4.98 Å². The summed E-state index contributed by atoms with van der Waals surface area (Å²) in [6, 6.07) is 0. The third-order valence-corrected chi connectivity index (χ3v) is 6.20. The van der Waals surface area contributed by atoms with Gasteiger partial charge in [0.1, 0.15) is 5.01 Å². The highest BCUT2D eigenvalue weighted by atomic mass is 32.1. The molecule has 6 nitrogen and oxygen atoms in total. The molecule has 3 fully saturated rings. The Hall–Kier alpha value is -1.02. The van der Waals surface area contributed by atoms with E-state index in [-0.39, 0.29) is 17.4 Å². The number of amides is 1. The number of carbonyl (C=O) groups excluding carboxylic acids is 1. The molecule has 4 rings (SSSR count). The summed E-state index contributed by atoms with van der Waals surface area (Å²) in [7, 11) is 0. The first-order valence-electron chi connectivity index (χ1n) is 8.85. The maximum Gasteiger partial charge on any atom is 0.228 e. The van der Waals surface area contributed by atoms with Crippen molar-refractivity contribution in [2.24, 2.45) is 5.92 Å². The summed E-state index contributed by atoms with van der Waals surface area (Å²) in [5, 5.41) is 3.20. The summed E-state index contributed by atoms with van der Waals surface area (Å²) in [4.78, 5) is 21.4. The predicted octanol–water partition coefficient (Wildman–Crippen LogP) is 1.37. The van der Waals surface area contributed by atoms with Crippen LogP contribution in [-0.2, 0) is 20.8 Å². The monoisotopic (exact) mass is 351 g/mol. The van der Waals surface area contributed by atoms with E-state index < -0.39 is 0 Å². The van der Waals surface area contributed by atoms with Crippen LogP contribution in [0.3, 0.4) is 0 Å². The standard InChI is InChI=1S/C17H25N3O3S/c21-16(14-1-8-22-12-14)20-5-2-17(3-6-20)13-19(7-9-23-17)11-15-18-4-10-24-15/h4,10,14H,1-3,5-9,11-13H2/t14-/m0/s1. The Morgan fingerprint density at radius 3 is 2.92 bits per heavy atom. The number of piperidine rings is 1. The molecular formula is C17H25N3O3S. The number of carbonyl (C=O) groups is 1. The molecule has 0 aliphatic carbocycles. The van der Waals surface area contributed by atoms with E-state index in [1.165, 1.54) is 5.01 Å². The van der Waals surface area contributed by atoms with Gasteiger partial charge in [-0.2, -0.15) is 0 Å². The molecule has 0 radical (unpaired) electrons.